The van der Waals surface area contributed by atoms with Crippen LogP contribution in [0.3, 0.4) is 0 Å². The fourth-order valence-corrected chi connectivity index (χ4v) is 8.03. The van der Waals surface area contributed by atoms with Crippen LogP contribution in [0, 0.1) is 13.8 Å². The van der Waals surface area contributed by atoms with E-state index < -0.39 is 5.89 Å². The molecule has 0 fully saturated rings. The Balaban J connectivity index is 1.37. The molecule has 0 amide bonds. The van der Waals surface area contributed by atoms with Crippen molar-refractivity contribution in [2.24, 2.45) is 0 Å². The Bertz CT molecular complexity index is 2880. The number of benzene rings is 6. The lowest BCUT2D eigenvalue weighted by atomic mass is 9.83. The molecule has 0 saturated heterocycles. The van der Waals surface area contributed by atoms with Crippen molar-refractivity contribution in [3.8, 4) is 67.5 Å². The van der Waals surface area contributed by atoms with Crippen molar-refractivity contribution in [2.75, 3.05) is 0 Å². The van der Waals surface area contributed by atoms with Crippen molar-refractivity contribution in [3.05, 3.63) is 167 Å². The molecule has 8 aromatic rings. The van der Waals surface area contributed by atoms with Crippen LogP contribution >= 0.6 is 0 Å². The molecule has 4 nitrogen and oxygen atoms in total. The number of fused-ring (bicyclic) bond motifs is 1. The molecule has 8 rings (SSSR count). The SMILES string of the molecule is [2H]C(C)(C)c1cc(-c2ccccc2)cc(-n2c(-c3cc(C)cc(C)c3O)nc3c(-c4cc(-c5cc(-c6ccc(C(C)(C)C)cc6)ccn5)cc(C(C)(C)C)c4)cccc32)c1. The molecule has 0 unspecified atom stereocenters. The van der Waals surface area contributed by atoms with Gasteiger partial charge in [-0.05, 0) is 135 Å². The molecule has 4 heteroatoms. The first-order valence-electron chi connectivity index (χ1n) is 21.1. The molecule has 0 bridgehead atoms. The summed E-state index contributed by atoms with van der Waals surface area (Å²) in [5, 5.41) is 11.7. The van der Waals surface area contributed by atoms with E-state index in [0.717, 1.165) is 78.0 Å². The largest absolute Gasteiger partial charge is 0.507 e. The second-order valence-electron chi connectivity index (χ2n) is 18.4. The van der Waals surface area contributed by atoms with Crippen LogP contribution in [-0.4, -0.2) is 19.6 Å². The molecule has 2 aromatic heterocycles. The van der Waals surface area contributed by atoms with Crippen LogP contribution in [-0.2, 0) is 10.8 Å². The average Bonchev–Trinajstić information content (AvgIpc) is 3.61. The van der Waals surface area contributed by atoms with Gasteiger partial charge in [-0.1, -0.05) is 140 Å². The molecule has 0 saturated carbocycles. The van der Waals surface area contributed by atoms with Crippen molar-refractivity contribution in [1.29, 1.82) is 0 Å². The van der Waals surface area contributed by atoms with Gasteiger partial charge in [0.05, 0.1) is 22.3 Å². The van der Waals surface area contributed by atoms with Gasteiger partial charge >= 0.3 is 0 Å². The molecule has 0 aliphatic heterocycles. The molecule has 296 valence electrons. The number of nitrogens with zero attached hydrogens (tertiary/aromatic N) is 3. The third-order valence-electron chi connectivity index (χ3n) is 11.5. The lowest BCUT2D eigenvalue weighted by molar-refractivity contribution is 0.472. The highest BCUT2D eigenvalue weighted by atomic mass is 16.3. The number of aromatic hydroxyl groups is 1. The summed E-state index contributed by atoms with van der Waals surface area (Å²) in [5.41, 5.74) is 16.7. The van der Waals surface area contributed by atoms with E-state index in [1.54, 1.807) is 0 Å². The summed E-state index contributed by atoms with van der Waals surface area (Å²) in [7, 11) is 0. The van der Waals surface area contributed by atoms with Gasteiger partial charge in [0.2, 0.25) is 0 Å². The standard InChI is InChI=1S/C55H55N3O/c1-34(2)40-27-41(37-15-12-11-13-16-37)32-46(31-40)58-50-18-14-17-47(51(50)57-53(58)48-26-35(3)25-36(4)52(48)59)42-28-43(30-45(29-42)55(8,9)10)49-33-39(23-24-56-49)38-19-21-44(22-20-38)54(5,6)7/h11-34,59H,1-10H3/i34D. The fourth-order valence-electron chi connectivity index (χ4n) is 8.03. The average molecular weight is 775 g/mol. The number of pyridine rings is 1. The molecular weight excluding hydrogens is 719 g/mol. The minimum atomic E-state index is -0.867. The van der Waals surface area contributed by atoms with Crippen LogP contribution in [0.1, 0.15) is 90.5 Å². The normalized spacial score (nSPS) is 12.5. The maximum absolute atomic E-state index is 11.7. The summed E-state index contributed by atoms with van der Waals surface area (Å²) in [6.07, 6.45) is 1.91. The number of hydrogen-bond acceptors (Lipinski definition) is 3. The van der Waals surface area contributed by atoms with Crippen LogP contribution in [0.5, 0.6) is 5.75 Å². The predicted molar refractivity (Wildman–Crippen MR) is 249 cm³/mol. The smallest absolute Gasteiger partial charge is 0.149 e. The monoisotopic (exact) mass is 774 g/mol. The number of rotatable bonds is 7. The summed E-state index contributed by atoms with van der Waals surface area (Å²) < 4.78 is 11.3. The van der Waals surface area contributed by atoms with E-state index >= 15 is 0 Å². The predicted octanol–water partition coefficient (Wildman–Crippen LogP) is 14.8. The van der Waals surface area contributed by atoms with E-state index in [1.165, 1.54) is 11.1 Å². The van der Waals surface area contributed by atoms with Gasteiger partial charge in [-0.25, -0.2) is 4.98 Å². The summed E-state index contributed by atoms with van der Waals surface area (Å²) in [4.78, 5) is 10.4. The van der Waals surface area contributed by atoms with Gasteiger partial charge in [0.25, 0.3) is 0 Å². The van der Waals surface area contributed by atoms with Gasteiger partial charge < -0.3 is 5.11 Å². The number of imidazole rings is 1. The summed E-state index contributed by atoms with van der Waals surface area (Å²) >= 11 is 0. The second-order valence-corrected chi connectivity index (χ2v) is 18.4. The van der Waals surface area contributed by atoms with Gasteiger partial charge in [-0.3, -0.25) is 9.55 Å². The van der Waals surface area contributed by atoms with Crippen LogP contribution in [0.25, 0.3) is 72.7 Å². The van der Waals surface area contributed by atoms with E-state index in [0.29, 0.717) is 11.4 Å². The van der Waals surface area contributed by atoms with Crippen LogP contribution in [0.4, 0.5) is 0 Å². The molecule has 6 aromatic carbocycles. The zero-order valence-electron chi connectivity index (χ0n) is 37.1. The highest BCUT2D eigenvalue weighted by Crippen LogP contribution is 2.42. The third-order valence-corrected chi connectivity index (χ3v) is 11.5. The quantitative estimate of drug-likeness (QED) is 0.175. The number of aryl methyl sites for hydroxylation is 2. The number of aromatic nitrogens is 3. The van der Waals surface area contributed by atoms with Crippen LogP contribution in [0.2, 0.25) is 0 Å². The van der Waals surface area contributed by atoms with Crippen molar-refractivity contribution < 1.29 is 6.48 Å². The van der Waals surface area contributed by atoms with E-state index in [2.05, 4.69) is 156 Å². The van der Waals surface area contributed by atoms with Gasteiger partial charge in [0, 0.05) is 24.4 Å². The highest BCUT2D eigenvalue weighted by molar-refractivity contribution is 5.97. The Hall–Kier alpha value is -6.26. The third kappa shape index (κ3) is 7.84. The maximum Gasteiger partial charge on any atom is 0.149 e. The molecule has 59 heavy (non-hydrogen) atoms. The summed E-state index contributed by atoms with van der Waals surface area (Å²) in [6.45, 7) is 21.3. The van der Waals surface area contributed by atoms with Gasteiger partial charge in [-0.2, -0.15) is 0 Å². The fraction of sp³-hybridized carbons (Fsp3) is 0.236. The Morgan fingerprint density at radius 3 is 1.98 bits per heavy atom. The van der Waals surface area contributed by atoms with Crippen molar-refractivity contribution in [2.45, 2.75) is 86.0 Å². The minimum Gasteiger partial charge on any atom is -0.507 e. The topological polar surface area (TPSA) is 50.9 Å². The summed E-state index contributed by atoms with van der Waals surface area (Å²) in [6, 6.07) is 47.0. The lowest BCUT2D eigenvalue weighted by Crippen LogP contribution is -2.11. The highest BCUT2D eigenvalue weighted by Gasteiger charge is 2.24. The molecule has 0 aliphatic rings. The molecule has 0 aliphatic carbocycles. The molecular formula is C55H55N3O. The molecule has 1 N–H and O–H groups in total. The number of phenolic OH excluding ortho intramolecular Hbond substituents is 1. The Labute approximate surface area is 351 Å². The number of hydrogen-bond donors (Lipinski definition) is 1. The van der Waals surface area contributed by atoms with Crippen molar-refractivity contribution in [3.63, 3.8) is 0 Å². The Morgan fingerprint density at radius 1 is 0.593 bits per heavy atom. The van der Waals surface area contributed by atoms with E-state index in [9.17, 15) is 5.11 Å². The first kappa shape index (κ1) is 38.3. The molecule has 0 spiro atoms. The Kier molecular flexibility index (Phi) is 9.83. The van der Waals surface area contributed by atoms with Gasteiger partial charge in [-0.15, -0.1) is 0 Å². The van der Waals surface area contributed by atoms with Crippen LogP contribution in [0.15, 0.2) is 140 Å². The van der Waals surface area contributed by atoms with Gasteiger partial charge in [0.1, 0.15) is 11.6 Å². The van der Waals surface area contributed by atoms with E-state index in [4.69, 9.17) is 11.3 Å². The lowest BCUT2D eigenvalue weighted by Gasteiger charge is -2.22. The summed E-state index contributed by atoms with van der Waals surface area (Å²) in [5.74, 6) is -0.0244. The first-order chi connectivity index (χ1) is 28.3. The number of phenols is 1. The zero-order valence-corrected chi connectivity index (χ0v) is 36.1. The van der Waals surface area contributed by atoms with Gasteiger partial charge in [0.15, 0.2) is 0 Å². The molecule has 0 radical (unpaired) electrons. The first-order valence-corrected chi connectivity index (χ1v) is 20.6. The second kappa shape index (κ2) is 15.2. The number of para-hydroxylation sites is 1. The van der Waals surface area contributed by atoms with E-state index in [-0.39, 0.29) is 16.6 Å². The van der Waals surface area contributed by atoms with Crippen molar-refractivity contribution in [1.82, 2.24) is 14.5 Å². The zero-order chi connectivity index (χ0) is 42.7. The maximum atomic E-state index is 11.7. The van der Waals surface area contributed by atoms with Crippen LogP contribution < -0.4 is 0 Å². The minimum absolute atomic E-state index is 0.0819. The molecule has 0 atom stereocenters. The molecule has 2 heterocycles. The van der Waals surface area contributed by atoms with E-state index in [1.807, 2.05) is 57.3 Å². The van der Waals surface area contributed by atoms with Crippen molar-refractivity contribution >= 4 is 11.0 Å². The Morgan fingerprint density at radius 2 is 1.29 bits per heavy atom.